The van der Waals surface area contributed by atoms with Gasteiger partial charge in [-0.15, -0.1) is 6.58 Å². The third-order valence-electron chi connectivity index (χ3n) is 3.56. The highest BCUT2D eigenvalue weighted by atomic mass is 28.4. The van der Waals surface area contributed by atoms with Crippen LogP contribution < -0.4 is 0 Å². The first-order valence-corrected chi connectivity index (χ1v) is 8.90. The second-order valence-corrected chi connectivity index (χ2v) is 10.7. The monoisotopic (exact) mass is 228 g/mol. The zero-order chi connectivity index (χ0) is 12.1. The zero-order valence-corrected chi connectivity index (χ0v) is 12.4. The first-order valence-electron chi connectivity index (χ1n) is 5.99. The Bertz CT molecular complexity index is 191. The molecule has 0 saturated heterocycles. The van der Waals surface area contributed by atoms with Crippen molar-refractivity contribution in [3.05, 3.63) is 12.7 Å². The van der Waals surface area contributed by atoms with Crippen molar-refractivity contribution in [2.24, 2.45) is 5.92 Å². The van der Waals surface area contributed by atoms with Gasteiger partial charge in [-0.1, -0.05) is 40.2 Å². The zero-order valence-electron chi connectivity index (χ0n) is 11.4. The summed E-state index contributed by atoms with van der Waals surface area (Å²) in [6.45, 7) is 18.4. The Morgan fingerprint density at radius 2 is 1.87 bits per heavy atom. The summed E-state index contributed by atoms with van der Waals surface area (Å²) in [6, 6.07) is 0. The van der Waals surface area contributed by atoms with Crippen LogP contribution in [-0.4, -0.2) is 14.9 Å². The van der Waals surface area contributed by atoms with Crippen LogP contribution in [0.2, 0.25) is 18.1 Å². The molecule has 0 aliphatic rings. The second kappa shape index (κ2) is 5.85. The Morgan fingerprint density at radius 1 is 1.33 bits per heavy atom. The quantitative estimate of drug-likeness (QED) is 0.476. The summed E-state index contributed by atoms with van der Waals surface area (Å²) < 4.78 is 6.19. The van der Waals surface area contributed by atoms with Crippen molar-refractivity contribution in [3.8, 4) is 0 Å². The molecule has 0 bridgehead atoms. The lowest BCUT2D eigenvalue weighted by Crippen LogP contribution is -2.41. The van der Waals surface area contributed by atoms with Crippen LogP contribution in [0.1, 0.15) is 40.5 Å². The number of hydrogen-bond donors (Lipinski definition) is 0. The SMILES string of the molecule is C=CC[C@@H](CC)CO[Si](C)(C)C(C)(C)C. The Balaban J connectivity index is 4.18. The van der Waals surface area contributed by atoms with Gasteiger partial charge in [-0.3, -0.25) is 0 Å². The maximum absolute atomic E-state index is 6.19. The minimum absolute atomic E-state index is 0.319. The van der Waals surface area contributed by atoms with Crippen LogP contribution in [0.25, 0.3) is 0 Å². The molecular weight excluding hydrogens is 200 g/mol. The summed E-state index contributed by atoms with van der Waals surface area (Å²) in [5.74, 6) is 0.650. The van der Waals surface area contributed by atoms with Gasteiger partial charge < -0.3 is 4.43 Å². The standard InChI is InChI=1S/C13H28OSi/c1-8-10-12(9-2)11-14-15(6,7)13(3,4)5/h8,12H,1,9-11H2,2-7H3/t12-/m1/s1. The molecule has 1 atom stereocenters. The highest BCUT2D eigenvalue weighted by Crippen LogP contribution is 2.36. The third kappa shape index (κ3) is 4.98. The van der Waals surface area contributed by atoms with Crippen LogP contribution >= 0.6 is 0 Å². The summed E-state index contributed by atoms with van der Waals surface area (Å²) in [5.41, 5.74) is 0. The molecule has 0 aromatic rings. The molecular formula is C13H28OSi. The van der Waals surface area contributed by atoms with Gasteiger partial charge in [-0.2, -0.15) is 0 Å². The number of rotatable bonds is 6. The van der Waals surface area contributed by atoms with Crippen molar-refractivity contribution >= 4 is 8.32 Å². The topological polar surface area (TPSA) is 9.23 Å². The largest absolute Gasteiger partial charge is 0.417 e. The highest BCUT2D eigenvalue weighted by Gasteiger charge is 2.37. The summed E-state index contributed by atoms with van der Waals surface area (Å²) in [7, 11) is -1.55. The van der Waals surface area contributed by atoms with Crippen LogP contribution in [0.3, 0.4) is 0 Å². The Labute approximate surface area is 97.0 Å². The van der Waals surface area contributed by atoms with Gasteiger partial charge in [-0.25, -0.2) is 0 Å². The molecule has 1 nitrogen and oxygen atoms in total. The van der Waals surface area contributed by atoms with E-state index in [0.29, 0.717) is 11.0 Å². The maximum Gasteiger partial charge on any atom is 0.191 e. The smallest absolute Gasteiger partial charge is 0.191 e. The number of hydrogen-bond acceptors (Lipinski definition) is 1. The Morgan fingerprint density at radius 3 is 2.20 bits per heavy atom. The van der Waals surface area contributed by atoms with Crippen LogP contribution in [0.5, 0.6) is 0 Å². The maximum atomic E-state index is 6.19. The van der Waals surface area contributed by atoms with Gasteiger partial charge in [0.15, 0.2) is 8.32 Å². The Hall–Kier alpha value is -0.0831. The van der Waals surface area contributed by atoms with Crippen molar-refractivity contribution in [2.45, 2.75) is 58.7 Å². The molecule has 0 aliphatic heterocycles. The van der Waals surface area contributed by atoms with Crippen LogP contribution in [0.4, 0.5) is 0 Å². The minimum atomic E-state index is -1.55. The predicted octanol–water partition coefficient (Wildman–Crippen LogP) is 4.61. The molecule has 0 spiro atoms. The van der Waals surface area contributed by atoms with E-state index >= 15 is 0 Å². The lowest BCUT2D eigenvalue weighted by molar-refractivity contribution is 0.225. The summed E-state index contributed by atoms with van der Waals surface area (Å²) >= 11 is 0. The van der Waals surface area contributed by atoms with Crippen molar-refractivity contribution in [1.29, 1.82) is 0 Å². The molecule has 0 fully saturated rings. The van der Waals surface area contributed by atoms with Gasteiger partial charge in [0, 0.05) is 6.61 Å². The molecule has 0 heterocycles. The first kappa shape index (κ1) is 14.9. The van der Waals surface area contributed by atoms with Gasteiger partial charge >= 0.3 is 0 Å². The van der Waals surface area contributed by atoms with E-state index in [0.717, 1.165) is 13.0 Å². The normalized spacial score (nSPS) is 15.1. The first-order chi connectivity index (χ1) is 6.74. The van der Waals surface area contributed by atoms with E-state index < -0.39 is 8.32 Å². The fourth-order valence-corrected chi connectivity index (χ4v) is 2.22. The van der Waals surface area contributed by atoms with E-state index in [1.165, 1.54) is 6.42 Å². The summed E-state index contributed by atoms with van der Waals surface area (Å²) in [4.78, 5) is 0. The molecule has 15 heavy (non-hydrogen) atoms. The van der Waals surface area contributed by atoms with Gasteiger partial charge in [0.2, 0.25) is 0 Å². The molecule has 0 saturated carbocycles. The van der Waals surface area contributed by atoms with Crippen molar-refractivity contribution < 1.29 is 4.43 Å². The number of allylic oxidation sites excluding steroid dienone is 1. The molecule has 0 aromatic carbocycles. The average molecular weight is 228 g/mol. The van der Waals surface area contributed by atoms with E-state index in [-0.39, 0.29) is 0 Å². The van der Waals surface area contributed by atoms with E-state index in [2.05, 4.69) is 47.4 Å². The van der Waals surface area contributed by atoms with Crippen molar-refractivity contribution in [1.82, 2.24) is 0 Å². The average Bonchev–Trinajstić information content (AvgIpc) is 2.10. The van der Waals surface area contributed by atoms with Gasteiger partial charge in [0.1, 0.15) is 0 Å². The van der Waals surface area contributed by atoms with E-state index in [4.69, 9.17) is 4.43 Å². The fourth-order valence-electron chi connectivity index (χ4n) is 1.13. The minimum Gasteiger partial charge on any atom is -0.417 e. The van der Waals surface area contributed by atoms with Crippen molar-refractivity contribution in [2.75, 3.05) is 6.61 Å². The molecule has 0 unspecified atom stereocenters. The predicted molar refractivity (Wildman–Crippen MR) is 71.7 cm³/mol. The molecule has 0 aliphatic carbocycles. The summed E-state index contributed by atoms with van der Waals surface area (Å²) in [5, 5.41) is 0.319. The molecule has 0 N–H and O–H groups in total. The lowest BCUT2D eigenvalue weighted by atomic mass is 10.0. The van der Waals surface area contributed by atoms with Crippen LogP contribution in [0.15, 0.2) is 12.7 Å². The second-order valence-electron chi connectivity index (χ2n) is 5.87. The third-order valence-corrected chi connectivity index (χ3v) is 8.06. The van der Waals surface area contributed by atoms with Gasteiger partial charge in [-0.05, 0) is 30.5 Å². The van der Waals surface area contributed by atoms with E-state index in [1.807, 2.05) is 6.08 Å². The lowest BCUT2D eigenvalue weighted by Gasteiger charge is -2.37. The summed E-state index contributed by atoms with van der Waals surface area (Å²) in [6.07, 6.45) is 4.26. The van der Waals surface area contributed by atoms with Gasteiger partial charge in [0.05, 0.1) is 0 Å². The molecule has 0 amide bonds. The van der Waals surface area contributed by atoms with Gasteiger partial charge in [0.25, 0.3) is 0 Å². The molecule has 0 rings (SSSR count). The Kier molecular flexibility index (Phi) is 5.82. The van der Waals surface area contributed by atoms with Crippen LogP contribution in [0, 0.1) is 5.92 Å². The van der Waals surface area contributed by atoms with Crippen molar-refractivity contribution in [3.63, 3.8) is 0 Å². The van der Waals surface area contributed by atoms with E-state index in [9.17, 15) is 0 Å². The molecule has 0 radical (unpaired) electrons. The molecule has 2 heteroatoms. The highest BCUT2D eigenvalue weighted by molar-refractivity contribution is 6.74. The molecule has 0 aromatic heterocycles. The van der Waals surface area contributed by atoms with E-state index in [1.54, 1.807) is 0 Å². The fraction of sp³-hybridized carbons (Fsp3) is 0.846. The van der Waals surface area contributed by atoms with Crippen LogP contribution in [-0.2, 0) is 4.43 Å². The molecule has 90 valence electrons.